The number of carboxylic acids is 1. The number of carboxylic acid groups (broad SMARTS) is 1. The van der Waals surface area contributed by atoms with Crippen molar-refractivity contribution in [1.29, 1.82) is 0 Å². The number of methoxy groups -OCH3 is 2. The lowest BCUT2D eigenvalue weighted by Gasteiger charge is -2.38. The molecule has 1 fully saturated rings. The Kier molecular flexibility index (Phi) is 7.45. The number of carbonyl (C=O) groups is 1. The molecule has 0 bridgehead atoms. The van der Waals surface area contributed by atoms with E-state index in [1.807, 2.05) is 37.3 Å². The van der Waals surface area contributed by atoms with Crippen LogP contribution in [0.15, 0.2) is 36.4 Å². The van der Waals surface area contributed by atoms with E-state index < -0.39 is 11.9 Å². The summed E-state index contributed by atoms with van der Waals surface area (Å²) in [5.74, 6) is 0.914. The molecule has 1 aliphatic heterocycles. The molecule has 0 radical (unpaired) electrons. The summed E-state index contributed by atoms with van der Waals surface area (Å²) in [7, 11) is 3.24. The maximum Gasteiger partial charge on any atom is 0.307 e. The predicted octanol–water partition coefficient (Wildman–Crippen LogP) is 4.64. The molecule has 1 aliphatic rings. The molecule has 162 valence electrons. The fourth-order valence-electron chi connectivity index (χ4n) is 4.08. The van der Waals surface area contributed by atoms with E-state index in [0.29, 0.717) is 41.8 Å². The Morgan fingerprint density at radius 2 is 1.90 bits per heavy atom. The van der Waals surface area contributed by atoms with Crippen LogP contribution in [0.1, 0.15) is 36.9 Å². The van der Waals surface area contributed by atoms with Gasteiger partial charge in [-0.05, 0) is 62.7 Å². The molecule has 2 unspecified atom stereocenters. The summed E-state index contributed by atoms with van der Waals surface area (Å²) in [6.45, 7) is 3.63. The van der Waals surface area contributed by atoms with Gasteiger partial charge >= 0.3 is 5.97 Å². The first-order valence-electron chi connectivity index (χ1n) is 10.1. The molecule has 1 saturated heterocycles. The van der Waals surface area contributed by atoms with Gasteiger partial charge in [-0.1, -0.05) is 11.6 Å². The van der Waals surface area contributed by atoms with E-state index in [9.17, 15) is 9.90 Å². The molecule has 1 N–H and O–H groups in total. The summed E-state index contributed by atoms with van der Waals surface area (Å²) in [5.41, 5.74) is 1.76. The van der Waals surface area contributed by atoms with Crippen LogP contribution in [-0.2, 0) is 4.79 Å². The molecule has 6 nitrogen and oxygen atoms in total. The average Bonchev–Trinajstić information content (AvgIpc) is 2.76. The second kappa shape index (κ2) is 10.0. The molecule has 0 amide bonds. The number of hydrogen-bond acceptors (Lipinski definition) is 5. The van der Waals surface area contributed by atoms with Crippen molar-refractivity contribution >= 4 is 17.6 Å². The normalized spacial score (nSPS) is 17.9. The average molecular weight is 434 g/mol. The SMILES string of the molecule is CCOc1ccc(Cl)cc1C(c1cc(OC)ccc1OC)N1CCCC(C(=O)O)C1. The number of benzene rings is 2. The van der Waals surface area contributed by atoms with E-state index in [2.05, 4.69) is 4.90 Å². The topological polar surface area (TPSA) is 68.2 Å². The molecule has 2 aromatic rings. The first kappa shape index (κ1) is 22.2. The maximum atomic E-state index is 11.7. The van der Waals surface area contributed by atoms with Crippen LogP contribution in [0, 0.1) is 5.92 Å². The maximum absolute atomic E-state index is 11.7. The van der Waals surface area contributed by atoms with Crippen LogP contribution in [0.25, 0.3) is 0 Å². The molecule has 0 aliphatic carbocycles. The number of aliphatic carboxylic acids is 1. The Morgan fingerprint density at radius 1 is 1.17 bits per heavy atom. The third-order valence-corrected chi connectivity index (χ3v) is 5.70. The highest BCUT2D eigenvalue weighted by Gasteiger charge is 2.34. The van der Waals surface area contributed by atoms with Crippen LogP contribution in [0.5, 0.6) is 17.2 Å². The highest BCUT2D eigenvalue weighted by atomic mass is 35.5. The second-order valence-electron chi connectivity index (χ2n) is 7.30. The smallest absolute Gasteiger partial charge is 0.307 e. The molecular formula is C23H28ClNO5. The zero-order valence-corrected chi connectivity index (χ0v) is 18.3. The van der Waals surface area contributed by atoms with Crippen molar-refractivity contribution in [3.8, 4) is 17.2 Å². The third kappa shape index (κ3) is 4.82. The molecule has 0 aromatic heterocycles. The van der Waals surface area contributed by atoms with E-state index in [1.165, 1.54) is 0 Å². The second-order valence-corrected chi connectivity index (χ2v) is 7.73. The van der Waals surface area contributed by atoms with E-state index in [-0.39, 0.29) is 6.04 Å². The Bertz CT molecular complexity index is 888. The summed E-state index contributed by atoms with van der Waals surface area (Å²) in [6.07, 6.45) is 1.46. The van der Waals surface area contributed by atoms with Crippen LogP contribution in [0.2, 0.25) is 5.02 Å². The van der Waals surface area contributed by atoms with Gasteiger partial charge in [0.15, 0.2) is 0 Å². The van der Waals surface area contributed by atoms with E-state index in [1.54, 1.807) is 20.3 Å². The highest BCUT2D eigenvalue weighted by molar-refractivity contribution is 6.30. The van der Waals surface area contributed by atoms with Crippen molar-refractivity contribution < 1.29 is 24.1 Å². The predicted molar refractivity (Wildman–Crippen MR) is 116 cm³/mol. The molecule has 2 aromatic carbocycles. The minimum atomic E-state index is -0.771. The Hall–Kier alpha value is -2.44. The van der Waals surface area contributed by atoms with Crippen LogP contribution < -0.4 is 14.2 Å². The number of rotatable bonds is 8. The molecular weight excluding hydrogens is 406 g/mol. The largest absolute Gasteiger partial charge is 0.497 e. The lowest BCUT2D eigenvalue weighted by Crippen LogP contribution is -2.41. The Morgan fingerprint density at radius 3 is 2.57 bits per heavy atom. The van der Waals surface area contributed by atoms with Gasteiger partial charge in [-0.3, -0.25) is 9.69 Å². The van der Waals surface area contributed by atoms with Gasteiger partial charge < -0.3 is 19.3 Å². The zero-order chi connectivity index (χ0) is 21.7. The summed E-state index contributed by atoms with van der Waals surface area (Å²) in [4.78, 5) is 13.9. The van der Waals surface area contributed by atoms with Gasteiger partial charge in [0.05, 0.1) is 32.8 Å². The van der Waals surface area contributed by atoms with E-state index in [0.717, 1.165) is 24.1 Å². The fraction of sp³-hybridized carbons (Fsp3) is 0.435. The van der Waals surface area contributed by atoms with Crippen molar-refractivity contribution in [2.24, 2.45) is 5.92 Å². The van der Waals surface area contributed by atoms with Crippen molar-refractivity contribution in [2.75, 3.05) is 33.9 Å². The van der Waals surface area contributed by atoms with Crippen LogP contribution >= 0.6 is 11.6 Å². The van der Waals surface area contributed by atoms with Gasteiger partial charge in [-0.2, -0.15) is 0 Å². The summed E-state index contributed by atoms with van der Waals surface area (Å²) >= 11 is 6.37. The Labute approximate surface area is 182 Å². The van der Waals surface area contributed by atoms with E-state index >= 15 is 0 Å². The number of hydrogen-bond donors (Lipinski definition) is 1. The quantitative estimate of drug-likeness (QED) is 0.654. The number of halogens is 1. The molecule has 2 atom stereocenters. The van der Waals surface area contributed by atoms with E-state index in [4.69, 9.17) is 25.8 Å². The minimum Gasteiger partial charge on any atom is -0.497 e. The number of likely N-dealkylation sites (tertiary alicyclic amines) is 1. The number of piperidine rings is 1. The van der Waals surface area contributed by atoms with Crippen molar-refractivity contribution in [1.82, 2.24) is 4.90 Å². The summed E-state index contributed by atoms with van der Waals surface area (Å²) < 4.78 is 17.0. The van der Waals surface area contributed by atoms with Crippen LogP contribution in [0.4, 0.5) is 0 Å². The standard InChI is InChI=1S/C23H28ClNO5/c1-4-30-21-9-7-16(24)12-18(21)22(25-11-5-6-15(14-25)23(26)27)19-13-17(28-2)8-10-20(19)29-3/h7-10,12-13,15,22H,4-6,11,14H2,1-3H3,(H,26,27). The lowest BCUT2D eigenvalue weighted by atomic mass is 9.90. The molecule has 7 heteroatoms. The molecule has 0 saturated carbocycles. The highest BCUT2D eigenvalue weighted by Crippen LogP contribution is 2.43. The van der Waals surface area contributed by atoms with Gasteiger partial charge in [-0.25, -0.2) is 0 Å². The van der Waals surface area contributed by atoms with Gasteiger partial charge in [-0.15, -0.1) is 0 Å². The summed E-state index contributed by atoms with van der Waals surface area (Å²) in [6, 6.07) is 10.9. The molecule has 1 heterocycles. The lowest BCUT2D eigenvalue weighted by molar-refractivity contribution is -0.143. The van der Waals surface area contributed by atoms with Gasteiger partial charge in [0.1, 0.15) is 17.2 Å². The zero-order valence-electron chi connectivity index (χ0n) is 17.6. The van der Waals surface area contributed by atoms with Crippen LogP contribution in [0.3, 0.4) is 0 Å². The third-order valence-electron chi connectivity index (χ3n) is 5.46. The first-order valence-corrected chi connectivity index (χ1v) is 10.5. The molecule has 3 rings (SSSR count). The van der Waals surface area contributed by atoms with Crippen molar-refractivity contribution in [3.63, 3.8) is 0 Å². The molecule has 30 heavy (non-hydrogen) atoms. The Balaban J connectivity index is 2.18. The van der Waals surface area contributed by atoms with Crippen LogP contribution in [-0.4, -0.2) is 49.9 Å². The fourth-order valence-corrected chi connectivity index (χ4v) is 4.26. The monoisotopic (exact) mass is 433 g/mol. The number of ether oxygens (including phenoxy) is 3. The minimum absolute atomic E-state index is 0.294. The first-order chi connectivity index (χ1) is 14.5. The van der Waals surface area contributed by atoms with Crippen molar-refractivity contribution in [3.05, 3.63) is 52.5 Å². The van der Waals surface area contributed by atoms with Gasteiger partial charge in [0, 0.05) is 22.7 Å². The summed E-state index contributed by atoms with van der Waals surface area (Å²) in [5, 5.41) is 10.2. The van der Waals surface area contributed by atoms with Gasteiger partial charge in [0.25, 0.3) is 0 Å². The number of nitrogens with zero attached hydrogens (tertiary/aromatic N) is 1. The molecule has 0 spiro atoms. The van der Waals surface area contributed by atoms with Gasteiger partial charge in [0.2, 0.25) is 0 Å². The van der Waals surface area contributed by atoms with Crippen molar-refractivity contribution in [2.45, 2.75) is 25.8 Å².